The van der Waals surface area contributed by atoms with E-state index in [1.165, 1.54) is 11.6 Å². The van der Waals surface area contributed by atoms with E-state index in [4.69, 9.17) is 4.74 Å². The van der Waals surface area contributed by atoms with Crippen molar-refractivity contribution in [1.29, 1.82) is 0 Å². The molecule has 0 bridgehead atoms. The summed E-state index contributed by atoms with van der Waals surface area (Å²) >= 11 is 0. The van der Waals surface area contributed by atoms with E-state index in [0.29, 0.717) is 6.54 Å². The lowest BCUT2D eigenvalue weighted by Crippen LogP contribution is -2.43. The summed E-state index contributed by atoms with van der Waals surface area (Å²) in [6.45, 7) is 2.54. The Morgan fingerprint density at radius 3 is 2.67 bits per heavy atom. The van der Waals surface area contributed by atoms with Gasteiger partial charge in [-0.25, -0.2) is 9.07 Å². The third-order valence-electron chi connectivity index (χ3n) is 6.15. The molecule has 2 aromatic carbocycles. The Labute approximate surface area is 176 Å². The number of methoxy groups -OCH3 is 1. The number of piperidine rings is 1. The van der Waals surface area contributed by atoms with Gasteiger partial charge in [-0.2, -0.15) is 5.10 Å². The van der Waals surface area contributed by atoms with Crippen molar-refractivity contribution in [3.63, 3.8) is 0 Å². The highest BCUT2D eigenvalue weighted by molar-refractivity contribution is 5.40. The van der Waals surface area contributed by atoms with Crippen molar-refractivity contribution < 1.29 is 14.2 Å². The lowest BCUT2D eigenvalue weighted by molar-refractivity contribution is 0.0413. The molecule has 0 amide bonds. The Bertz CT molecular complexity index is 966. The van der Waals surface area contributed by atoms with Crippen molar-refractivity contribution in [3.05, 3.63) is 77.9 Å². The molecule has 6 heteroatoms. The first-order valence-corrected chi connectivity index (χ1v) is 10.4. The number of aliphatic hydroxyl groups excluding tert-OH is 1. The summed E-state index contributed by atoms with van der Waals surface area (Å²) in [5.41, 5.74) is 2.87. The molecule has 3 aromatic rings. The largest absolute Gasteiger partial charge is 0.497 e. The van der Waals surface area contributed by atoms with Gasteiger partial charge in [-0.15, -0.1) is 0 Å². The zero-order valence-electron chi connectivity index (χ0n) is 17.3. The molecule has 0 unspecified atom stereocenters. The molecule has 2 heterocycles. The normalized spacial score (nSPS) is 16.5. The fourth-order valence-corrected chi connectivity index (χ4v) is 4.35. The molecule has 1 saturated heterocycles. The van der Waals surface area contributed by atoms with Crippen LogP contribution in [0.15, 0.2) is 60.9 Å². The Hall–Kier alpha value is -2.70. The number of halogens is 1. The number of aliphatic hydroxyl groups is 1. The zero-order valence-corrected chi connectivity index (χ0v) is 17.3. The third-order valence-corrected chi connectivity index (χ3v) is 6.15. The minimum Gasteiger partial charge on any atom is -0.497 e. The van der Waals surface area contributed by atoms with Crippen molar-refractivity contribution in [2.24, 2.45) is 5.41 Å². The van der Waals surface area contributed by atoms with E-state index in [2.05, 4.69) is 16.1 Å². The molecule has 0 radical (unpaired) electrons. The fraction of sp³-hybridized carbons (Fsp3) is 0.375. The van der Waals surface area contributed by atoms with E-state index < -0.39 is 0 Å². The SMILES string of the molecule is COc1cccc(CC2(CO)CCN(Cc3cc(F)ccc3-n3cccn3)CC2)c1. The maximum Gasteiger partial charge on any atom is 0.123 e. The van der Waals surface area contributed by atoms with E-state index in [1.807, 2.05) is 30.5 Å². The molecular weight excluding hydrogens is 381 g/mol. The van der Waals surface area contributed by atoms with Gasteiger partial charge < -0.3 is 9.84 Å². The van der Waals surface area contributed by atoms with Crippen molar-refractivity contribution in [2.75, 3.05) is 26.8 Å². The van der Waals surface area contributed by atoms with Crippen LogP contribution in [0.1, 0.15) is 24.0 Å². The summed E-state index contributed by atoms with van der Waals surface area (Å²) in [5, 5.41) is 14.5. The van der Waals surface area contributed by atoms with Gasteiger partial charge in [0, 0.05) is 25.5 Å². The second-order valence-electron chi connectivity index (χ2n) is 8.19. The number of rotatable bonds is 7. The maximum absolute atomic E-state index is 13.9. The van der Waals surface area contributed by atoms with Gasteiger partial charge in [0.25, 0.3) is 0 Å². The van der Waals surface area contributed by atoms with Gasteiger partial charge in [0.1, 0.15) is 11.6 Å². The molecule has 5 nitrogen and oxygen atoms in total. The number of likely N-dealkylation sites (tertiary alicyclic amines) is 1. The number of benzene rings is 2. The molecule has 1 fully saturated rings. The summed E-state index contributed by atoms with van der Waals surface area (Å²) < 4.78 is 21.0. The Kier molecular flexibility index (Phi) is 6.16. The predicted octanol–water partition coefficient (Wildman–Crippen LogP) is 3.84. The van der Waals surface area contributed by atoms with Crippen LogP contribution in [-0.2, 0) is 13.0 Å². The van der Waals surface area contributed by atoms with Crippen molar-refractivity contribution in [1.82, 2.24) is 14.7 Å². The molecular formula is C24H28FN3O2. The standard InChI is InChI=1S/C24H28FN3O2/c1-30-22-5-2-4-19(14-22)16-24(18-29)8-12-27(13-9-24)17-20-15-21(25)6-7-23(20)28-11-3-10-26-28/h2-7,10-11,14-15,29H,8-9,12-13,16-18H2,1H3. The summed E-state index contributed by atoms with van der Waals surface area (Å²) in [4.78, 5) is 2.33. The van der Waals surface area contributed by atoms with E-state index in [1.54, 1.807) is 30.1 Å². The van der Waals surface area contributed by atoms with E-state index in [0.717, 1.165) is 49.4 Å². The van der Waals surface area contributed by atoms with Crippen LogP contribution in [0.3, 0.4) is 0 Å². The Balaban J connectivity index is 1.45. The first-order chi connectivity index (χ1) is 14.6. The van der Waals surface area contributed by atoms with Gasteiger partial charge in [0.15, 0.2) is 0 Å². The van der Waals surface area contributed by atoms with Crippen LogP contribution in [0.2, 0.25) is 0 Å². The fourth-order valence-electron chi connectivity index (χ4n) is 4.35. The number of aromatic nitrogens is 2. The summed E-state index contributed by atoms with van der Waals surface area (Å²) in [7, 11) is 1.67. The van der Waals surface area contributed by atoms with E-state index in [9.17, 15) is 9.50 Å². The highest BCUT2D eigenvalue weighted by atomic mass is 19.1. The van der Waals surface area contributed by atoms with Crippen LogP contribution >= 0.6 is 0 Å². The smallest absolute Gasteiger partial charge is 0.123 e. The molecule has 1 aromatic heterocycles. The molecule has 0 spiro atoms. The van der Waals surface area contributed by atoms with Crippen LogP contribution < -0.4 is 4.74 Å². The van der Waals surface area contributed by atoms with Crippen LogP contribution in [0, 0.1) is 11.2 Å². The summed E-state index contributed by atoms with van der Waals surface area (Å²) in [6.07, 6.45) is 6.22. The minimum absolute atomic E-state index is 0.129. The van der Waals surface area contributed by atoms with E-state index >= 15 is 0 Å². The molecule has 1 aliphatic heterocycles. The molecule has 1 aliphatic rings. The van der Waals surface area contributed by atoms with Crippen molar-refractivity contribution in [3.8, 4) is 11.4 Å². The van der Waals surface area contributed by atoms with Gasteiger partial charge >= 0.3 is 0 Å². The van der Waals surface area contributed by atoms with Gasteiger partial charge in [0.05, 0.1) is 12.8 Å². The van der Waals surface area contributed by atoms with Crippen LogP contribution in [0.4, 0.5) is 4.39 Å². The lowest BCUT2D eigenvalue weighted by Gasteiger charge is -2.41. The van der Waals surface area contributed by atoms with Crippen molar-refractivity contribution in [2.45, 2.75) is 25.8 Å². The molecule has 0 aliphatic carbocycles. The van der Waals surface area contributed by atoms with Crippen molar-refractivity contribution >= 4 is 0 Å². The predicted molar refractivity (Wildman–Crippen MR) is 114 cm³/mol. The highest BCUT2D eigenvalue weighted by Crippen LogP contribution is 2.36. The second-order valence-corrected chi connectivity index (χ2v) is 8.19. The number of hydrogen-bond acceptors (Lipinski definition) is 4. The molecule has 1 N–H and O–H groups in total. The van der Waals surface area contributed by atoms with Crippen LogP contribution in [0.5, 0.6) is 5.75 Å². The molecule has 0 saturated carbocycles. The van der Waals surface area contributed by atoms with E-state index in [-0.39, 0.29) is 17.8 Å². The summed E-state index contributed by atoms with van der Waals surface area (Å²) in [5.74, 6) is 0.607. The zero-order chi connectivity index (χ0) is 21.0. The third kappa shape index (κ3) is 4.55. The van der Waals surface area contributed by atoms with Gasteiger partial charge in [-0.05, 0) is 85.3 Å². The minimum atomic E-state index is -0.236. The molecule has 4 rings (SSSR count). The quantitative estimate of drug-likeness (QED) is 0.644. The van der Waals surface area contributed by atoms with Gasteiger partial charge in [-0.3, -0.25) is 4.90 Å². The number of hydrogen-bond donors (Lipinski definition) is 1. The topological polar surface area (TPSA) is 50.5 Å². The second kappa shape index (κ2) is 8.98. The average molecular weight is 410 g/mol. The molecule has 0 atom stereocenters. The van der Waals surface area contributed by atoms with Gasteiger partial charge in [-0.1, -0.05) is 12.1 Å². The summed E-state index contributed by atoms with van der Waals surface area (Å²) in [6, 6.07) is 14.8. The van der Waals surface area contributed by atoms with Crippen LogP contribution in [0.25, 0.3) is 5.69 Å². The maximum atomic E-state index is 13.9. The average Bonchev–Trinajstić information content (AvgIpc) is 3.30. The first-order valence-electron chi connectivity index (χ1n) is 10.4. The lowest BCUT2D eigenvalue weighted by atomic mass is 9.74. The molecule has 30 heavy (non-hydrogen) atoms. The number of nitrogens with zero attached hydrogens (tertiary/aromatic N) is 3. The highest BCUT2D eigenvalue weighted by Gasteiger charge is 2.34. The number of ether oxygens (including phenoxy) is 1. The molecule has 158 valence electrons. The first kappa shape index (κ1) is 20.6. The van der Waals surface area contributed by atoms with Crippen LogP contribution in [-0.4, -0.2) is 46.6 Å². The Morgan fingerprint density at radius 1 is 1.13 bits per heavy atom. The van der Waals surface area contributed by atoms with Gasteiger partial charge in [0.2, 0.25) is 0 Å². The Morgan fingerprint density at radius 2 is 1.97 bits per heavy atom. The monoisotopic (exact) mass is 409 g/mol.